The van der Waals surface area contributed by atoms with Gasteiger partial charge in [0.15, 0.2) is 22.7 Å². The molecule has 1 aromatic carbocycles. The third kappa shape index (κ3) is 4.03. The highest BCUT2D eigenvalue weighted by Crippen LogP contribution is 2.27. The molecule has 10 heteroatoms. The lowest BCUT2D eigenvalue weighted by Gasteiger charge is -2.18. The fourth-order valence-electron chi connectivity index (χ4n) is 3.18. The van der Waals surface area contributed by atoms with Crippen LogP contribution in [0.3, 0.4) is 0 Å². The summed E-state index contributed by atoms with van der Waals surface area (Å²) in [5, 5.41) is 32.4. The Labute approximate surface area is 166 Å². The number of hydrogen-bond acceptors (Lipinski definition) is 7. The predicted octanol–water partition coefficient (Wildman–Crippen LogP) is -0.0533. The van der Waals surface area contributed by atoms with Crippen LogP contribution >= 0.6 is 0 Å². The first kappa shape index (κ1) is 20.6. The summed E-state index contributed by atoms with van der Waals surface area (Å²) in [7, 11) is 3.02. The Balaban J connectivity index is 1.64. The van der Waals surface area contributed by atoms with Crippen LogP contribution in [0.4, 0.5) is 0 Å². The number of rotatable bonds is 7. The molecule has 2 unspecified atom stereocenters. The summed E-state index contributed by atoms with van der Waals surface area (Å²) in [6.45, 7) is 2.72. The number of fused-ring (bicyclic) bond motifs is 1. The molecule has 29 heavy (non-hydrogen) atoms. The van der Waals surface area contributed by atoms with Gasteiger partial charge < -0.3 is 25.2 Å². The van der Waals surface area contributed by atoms with Gasteiger partial charge in [0.25, 0.3) is 5.56 Å². The number of benzene rings is 1. The molecule has 0 aliphatic carbocycles. The van der Waals surface area contributed by atoms with Gasteiger partial charge in [-0.05, 0) is 31.0 Å². The number of hydrogen-bond donors (Lipinski definition) is 4. The number of aromatic nitrogens is 4. The maximum atomic E-state index is 12.5. The number of nitrogens with one attached hydrogen (secondary N) is 1. The number of aryl methyl sites for hydroxylation is 2. The van der Waals surface area contributed by atoms with Crippen molar-refractivity contribution >= 4 is 11.2 Å². The number of aromatic hydroxyl groups is 2. The van der Waals surface area contributed by atoms with Crippen LogP contribution < -0.4 is 16.6 Å². The molecule has 0 saturated carbocycles. The normalized spacial score (nSPS) is 13.7. The average molecular weight is 403 g/mol. The highest BCUT2D eigenvalue weighted by molar-refractivity contribution is 5.69. The minimum Gasteiger partial charge on any atom is -0.504 e. The van der Waals surface area contributed by atoms with E-state index in [1.807, 2.05) is 6.92 Å². The van der Waals surface area contributed by atoms with E-state index in [4.69, 9.17) is 0 Å². The van der Waals surface area contributed by atoms with Gasteiger partial charge in [0, 0.05) is 33.2 Å². The first-order valence-corrected chi connectivity index (χ1v) is 9.25. The van der Waals surface area contributed by atoms with E-state index >= 15 is 0 Å². The second kappa shape index (κ2) is 8.10. The van der Waals surface area contributed by atoms with Crippen molar-refractivity contribution in [3.63, 3.8) is 0 Å². The highest BCUT2D eigenvalue weighted by atomic mass is 16.3. The van der Waals surface area contributed by atoms with E-state index in [9.17, 15) is 24.9 Å². The van der Waals surface area contributed by atoms with Gasteiger partial charge in [-0.1, -0.05) is 6.07 Å². The van der Waals surface area contributed by atoms with E-state index in [1.54, 1.807) is 24.0 Å². The van der Waals surface area contributed by atoms with Crippen LogP contribution in [0.25, 0.3) is 11.2 Å². The minimum absolute atomic E-state index is 0.0178. The largest absolute Gasteiger partial charge is 0.504 e. The number of nitrogens with zero attached hydrogens (tertiary/aromatic N) is 4. The summed E-state index contributed by atoms with van der Waals surface area (Å²) in [5.74, 6) is -0.518. The Morgan fingerprint density at radius 2 is 1.86 bits per heavy atom. The van der Waals surface area contributed by atoms with Gasteiger partial charge in [-0.3, -0.25) is 13.9 Å². The SMILES string of the molecule is CC(CCn1cnc2c1c(=O)n(C)c(=O)n2C)NCC(O)c1ccc(O)c(O)c1. The van der Waals surface area contributed by atoms with Crippen molar-refractivity contribution in [2.45, 2.75) is 32.0 Å². The van der Waals surface area contributed by atoms with Gasteiger partial charge >= 0.3 is 5.69 Å². The molecule has 0 fully saturated rings. The minimum atomic E-state index is -0.847. The fourth-order valence-corrected chi connectivity index (χ4v) is 3.18. The maximum Gasteiger partial charge on any atom is 0.332 e. The third-order valence-corrected chi connectivity index (χ3v) is 5.06. The van der Waals surface area contributed by atoms with Gasteiger partial charge in [-0.15, -0.1) is 0 Å². The van der Waals surface area contributed by atoms with Crippen molar-refractivity contribution in [1.82, 2.24) is 24.0 Å². The molecule has 0 aliphatic rings. The topological polar surface area (TPSA) is 135 Å². The van der Waals surface area contributed by atoms with E-state index in [0.717, 1.165) is 4.57 Å². The first-order valence-electron chi connectivity index (χ1n) is 9.25. The van der Waals surface area contributed by atoms with Crippen LogP contribution in [-0.4, -0.2) is 46.6 Å². The van der Waals surface area contributed by atoms with Crippen molar-refractivity contribution < 1.29 is 15.3 Å². The van der Waals surface area contributed by atoms with Gasteiger partial charge in [-0.2, -0.15) is 0 Å². The second-order valence-corrected chi connectivity index (χ2v) is 7.18. The smallest absolute Gasteiger partial charge is 0.332 e. The Morgan fingerprint density at radius 3 is 2.55 bits per heavy atom. The van der Waals surface area contributed by atoms with E-state index in [-0.39, 0.29) is 29.6 Å². The van der Waals surface area contributed by atoms with E-state index < -0.39 is 11.8 Å². The van der Waals surface area contributed by atoms with E-state index in [2.05, 4.69) is 10.3 Å². The second-order valence-electron chi connectivity index (χ2n) is 7.18. The molecular formula is C19H25N5O5. The van der Waals surface area contributed by atoms with Gasteiger partial charge in [0.2, 0.25) is 0 Å². The lowest BCUT2D eigenvalue weighted by molar-refractivity contribution is 0.169. The molecule has 2 atom stereocenters. The summed E-state index contributed by atoms with van der Waals surface area (Å²) < 4.78 is 4.13. The molecule has 0 aliphatic heterocycles. The van der Waals surface area contributed by atoms with Crippen molar-refractivity contribution in [2.75, 3.05) is 6.54 Å². The molecule has 2 heterocycles. The zero-order valence-electron chi connectivity index (χ0n) is 16.5. The Kier molecular flexibility index (Phi) is 5.76. The number of aliphatic hydroxyl groups excluding tert-OH is 1. The quantitative estimate of drug-likeness (QED) is 0.406. The third-order valence-electron chi connectivity index (χ3n) is 5.06. The zero-order chi connectivity index (χ0) is 21.3. The molecule has 0 spiro atoms. The fraction of sp³-hybridized carbons (Fsp3) is 0.421. The Hall–Kier alpha value is -3.11. The van der Waals surface area contributed by atoms with Crippen LogP contribution in [-0.2, 0) is 20.6 Å². The van der Waals surface area contributed by atoms with Crippen molar-refractivity contribution in [3.05, 3.63) is 50.9 Å². The van der Waals surface area contributed by atoms with E-state index in [0.29, 0.717) is 29.7 Å². The Bertz CT molecular complexity index is 1150. The first-order chi connectivity index (χ1) is 13.7. The summed E-state index contributed by atoms with van der Waals surface area (Å²) >= 11 is 0. The lowest BCUT2D eigenvalue weighted by atomic mass is 10.1. The predicted molar refractivity (Wildman–Crippen MR) is 107 cm³/mol. The van der Waals surface area contributed by atoms with Crippen LogP contribution in [0.5, 0.6) is 11.5 Å². The van der Waals surface area contributed by atoms with Gasteiger partial charge in [0.05, 0.1) is 12.4 Å². The molecule has 0 radical (unpaired) electrons. The number of phenolic OH excluding ortho intramolecular Hbond substituents is 2. The monoisotopic (exact) mass is 403 g/mol. The highest BCUT2D eigenvalue weighted by Gasteiger charge is 2.15. The van der Waals surface area contributed by atoms with E-state index in [1.165, 1.54) is 23.7 Å². The van der Waals surface area contributed by atoms with Crippen molar-refractivity contribution in [1.29, 1.82) is 0 Å². The molecule has 156 valence electrons. The number of aliphatic hydroxyl groups is 1. The molecule has 3 rings (SSSR count). The summed E-state index contributed by atoms with van der Waals surface area (Å²) in [4.78, 5) is 28.6. The molecule has 10 nitrogen and oxygen atoms in total. The summed E-state index contributed by atoms with van der Waals surface area (Å²) in [5.41, 5.74) is 0.411. The number of imidazole rings is 1. The van der Waals surface area contributed by atoms with Crippen LogP contribution in [0.1, 0.15) is 25.0 Å². The van der Waals surface area contributed by atoms with Gasteiger partial charge in [0.1, 0.15) is 0 Å². The molecule has 0 amide bonds. The molecule has 2 aromatic heterocycles. The molecule has 4 N–H and O–H groups in total. The van der Waals surface area contributed by atoms with Gasteiger partial charge in [-0.25, -0.2) is 9.78 Å². The molecular weight excluding hydrogens is 378 g/mol. The summed E-state index contributed by atoms with van der Waals surface area (Å²) in [6, 6.07) is 4.22. The van der Waals surface area contributed by atoms with Crippen molar-refractivity contribution in [2.24, 2.45) is 14.1 Å². The number of phenols is 2. The van der Waals surface area contributed by atoms with Crippen LogP contribution in [0.2, 0.25) is 0 Å². The molecule has 0 bridgehead atoms. The van der Waals surface area contributed by atoms with Crippen LogP contribution in [0, 0.1) is 0 Å². The Morgan fingerprint density at radius 1 is 1.14 bits per heavy atom. The molecule has 0 saturated heterocycles. The van der Waals surface area contributed by atoms with Crippen molar-refractivity contribution in [3.8, 4) is 11.5 Å². The van der Waals surface area contributed by atoms with Crippen LogP contribution in [0.15, 0.2) is 34.1 Å². The zero-order valence-corrected chi connectivity index (χ0v) is 16.5. The average Bonchev–Trinajstić information content (AvgIpc) is 3.13. The summed E-state index contributed by atoms with van der Waals surface area (Å²) in [6.07, 6.45) is 1.36. The standard InChI is InChI=1S/C19H25N5O5/c1-11(20-9-15(27)12-4-5-13(25)14(26)8-12)6-7-24-10-21-17-16(24)18(28)23(3)19(29)22(17)2/h4-5,8,10-11,15,20,25-27H,6-7,9H2,1-3H3. The maximum absolute atomic E-state index is 12.5. The molecule has 3 aromatic rings. The lowest BCUT2D eigenvalue weighted by Crippen LogP contribution is -2.37.